The van der Waals surface area contributed by atoms with E-state index in [0.29, 0.717) is 0 Å². The van der Waals surface area contributed by atoms with E-state index in [1.165, 1.54) is 18.7 Å². The molecule has 2 aliphatic heterocycles. The van der Waals surface area contributed by atoms with E-state index in [-0.39, 0.29) is 31.7 Å². The first-order valence-corrected chi connectivity index (χ1v) is 13.4. The first-order valence-electron chi connectivity index (χ1n) is 12.3. The van der Waals surface area contributed by atoms with Crippen molar-refractivity contribution in [2.75, 3.05) is 33.4 Å². The van der Waals surface area contributed by atoms with E-state index in [1.54, 1.807) is 7.11 Å². The Kier molecular flexibility index (Phi) is 13.4. The fraction of sp³-hybridized carbons (Fsp3) is 0.826. The molecule has 2 fully saturated rings. The van der Waals surface area contributed by atoms with Crippen LogP contribution in [0.5, 0.6) is 0 Å². The van der Waals surface area contributed by atoms with Gasteiger partial charge in [-0.25, -0.2) is 4.67 Å². The van der Waals surface area contributed by atoms with Crippen molar-refractivity contribution in [1.29, 1.82) is 5.26 Å². The van der Waals surface area contributed by atoms with E-state index in [2.05, 4.69) is 43.8 Å². The maximum atomic E-state index is 11.1. The summed E-state index contributed by atoms with van der Waals surface area (Å²) in [4.78, 5) is 17.2. The quantitative estimate of drug-likeness (QED) is 0.190. The SMILES string of the molecule is COC1C(OP(OCCC#N)N(C(C)C)C(C)C)[C@@H](CON2CCCCC2)O[C@H]1N/C=C\C(N)=O. The van der Waals surface area contributed by atoms with Gasteiger partial charge >= 0.3 is 0 Å². The van der Waals surface area contributed by atoms with Gasteiger partial charge in [-0.1, -0.05) is 6.42 Å². The Bertz CT molecular complexity index is 692. The predicted molar refractivity (Wildman–Crippen MR) is 132 cm³/mol. The third kappa shape index (κ3) is 9.56. The number of hydrogen-bond donors (Lipinski definition) is 2. The number of nitrogens with one attached hydrogen (secondary N) is 1. The largest absolute Gasteiger partial charge is 0.374 e. The molecule has 0 aromatic rings. The monoisotopic (exact) mass is 515 g/mol. The number of methoxy groups -OCH3 is 1. The molecule has 2 saturated heterocycles. The molecule has 12 heteroatoms. The van der Waals surface area contributed by atoms with E-state index >= 15 is 0 Å². The van der Waals surface area contributed by atoms with Crippen LogP contribution in [0, 0.1) is 11.3 Å². The number of primary amides is 1. The number of amides is 1. The number of piperidine rings is 1. The molecule has 0 aromatic heterocycles. The summed E-state index contributed by atoms with van der Waals surface area (Å²) in [5.41, 5.74) is 5.21. The zero-order valence-corrected chi connectivity index (χ0v) is 22.5. The summed E-state index contributed by atoms with van der Waals surface area (Å²) in [6, 6.07) is 2.43. The van der Waals surface area contributed by atoms with Gasteiger partial charge in [0.05, 0.1) is 25.7 Å². The van der Waals surface area contributed by atoms with Crippen molar-refractivity contribution in [3.63, 3.8) is 0 Å². The Labute approximate surface area is 210 Å². The summed E-state index contributed by atoms with van der Waals surface area (Å²) in [5, 5.41) is 14.0. The van der Waals surface area contributed by atoms with Crippen LogP contribution in [-0.4, -0.2) is 85.7 Å². The highest BCUT2D eigenvalue weighted by molar-refractivity contribution is 7.44. The summed E-state index contributed by atoms with van der Waals surface area (Å²) in [6.45, 7) is 10.7. The lowest BCUT2D eigenvalue weighted by Gasteiger charge is -2.38. The highest BCUT2D eigenvalue weighted by Gasteiger charge is 2.48. The molecule has 200 valence electrons. The number of carbonyl (C=O) groups is 1. The summed E-state index contributed by atoms with van der Waals surface area (Å²) in [5.74, 6) is -0.568. The van der Waals surface area contributed by atoms with Crippen LogP contribution >= 0.6 is 8.53 Å². The van der Waals surface area contributed by atoms with Crippen LogP contribution in [0.4, 0.5) is 0 Å². The Hall–Kier alpha value is -1.35. The molecule has 0 radical (unpaired) electrons. The molecule has 2 rings (SSSR count). The Morgan fingerprint density at radius 1 is 1.26 bits per heavy atom. The lowest BCUT2D eigenvalue weighted by molar-refractivity contribution is -0.196. The average molecular weight is 516 g/mol. The number of hydroxylamine groups is 2. The van der Waals surface area contributed by atoms with E-state index in [0.717, 1.165) is 25.9 Å². The smallest absolute Gasteiger partial charge is 0.259 e. The van der Waals surface area contributed by atoms with E-state index in [1.807, 2.05) is 5.06 Å². The molecule has 2 heterocycles. The molecule has 0 bridgehead atoms. The third-order valence-electron chi connectivity index (χ3n) is 5.70. The Balaban J connectivity index is 2.23. The molecule has 1 amide bonds. The Morgan fingerprint density at radius 2 is 1.94 bits per heavy atom. The number of rotatable bonds is 15. The maximum Gasteiger partial charge on any atom is 0.259 e. The highest BCUT2D eigenvalue weighted by atomic mass is 31.2. The highest BCUT2D eigenvalue weighted by Crippen LogP contribution is 2.49. The molecule has 0 aliphatic carbocycles. The zero-order valence-electron chi connectivity index (χ0n) is 21.6. The minimum Gasteiger partial charge on any atom is -0.374 e. The number of ether oxygens (including phenoxy) is 2. The molecule has 3 unspecified atom stereocenters. The molecule has 0 aromatic carbocycles. The van der Waals surface area contributed by atoms with Gasteiger partial charge in [0.2, 0.25) is 5.91 Å². The molecule has 3 N–H and O–H groups in total. The van der Waals surface area contributed by atoms with Crippen LogP contribution in [-0.2, 0) is 28.2 Å². The average Bonchev–Trinajstić information content (AvgIpc) is 3.13. The fourth-order valence-electron chi connectivity index (χ4n) is 4.18. The summed E-state index contributed by atoms with van der Waals surface area (Å²) in [7, 11) is 0.0706. The molecule has 11 nitrogen and oxygen atoms in total. The maximum absolute atomic E-state index is 11.1. The molecular weight excluding hydrogens is 473 g/mol. The minimum absolute atomic E-state index is 0.155. The van der Waals surface area contributed by atoms with Gasteiger partial charge in [0.1, 0.15) is 18.3 Å². The van der Waals surface area contributed by atoms with Crippen molar-refractivity contribution in [2.24, 2.45) is 5.73 Å². The number of nitrogens with zero attached hydrogens (tertiary/aromatic N) is 3. The predicted octanol–water partition coefficient (Wildman–Crippen LogP) is 2.39. The third-order valence-corrected chi connectivity index (χ3v) is 7.83. The van der Waals surface area contributed by atoms with Gasteiger partial charge in [0.25, 0.3) is 8.53 Å². The van der Waals surface area contributed by atoms with Crippen LogP contribution in [0.25, 0.3) is 0 Å². The van der Waals surface area contributed by atoms with Crippen LogP contribution in [0.1, 0.15) is 53.4 Å². The summed E-state index contributed by atoms with van der Waals surface area (Å²) in [6.07, 6.45) is 4.29. The molecular formula is C23H42N5O6P. The van der Waals surface area contributed by atoms with Crippen LogP contribution in [0.3, 0.4) is 0 Å². The first-order chi connectivity index (χ1) is 16.8. The molecule has 0 spiro atoms. The van der Waals surface area contributed by atoms with E-state index in [4.69, 9.17) is 34.4 Å². The molecule has 0 saturated carbocycles. The van der Waals surface area contributed by atoms with Crippen molar-refractivity contribution in [1.82, 2.24) is 15.1 Å². The molecule has 35 heavy (non-hydrogen) atoms. The van der Waals surface area contributed by atoms with Crippen molar-refractivity contribution in [3.05, 3.63) is 12.3 Å². The van der Waals surface area contributed by atoms with Crippen LogP contribution in [0.2, 0.25) is 0 Å². The van der Waals surface area contributed by atoms with Crippen molar-refractivity contribution < 1.29 is 28.2 Å². The second-order valence-corrected chi connectivity index (χ2v) is 10.5. The van der Waals surface area contributed by atoms with Crippen LogP contribution < -0.4 is 11.1 Å². The zero-order chi connectivity index (χ0) is 25.8. The first kappa shape index (κ1) is 29.9. The number of hydrogen-bond acceptors (Lipinski definition) is 10. The van der Waals surface area contributed by atoms with Gasteiger partial charge < -0.3 is 29.6 Å². The van der Waals surface area contributed by atoms with Gasteiger partial charge in [-0.15, -0.1) is 0 Å². The fourth-order valence-corrected chi connectivity index (χ4v) is 5.95. The number of carbonyl (C=O) groups excluding carboxylic acids is 1. The molecule has 5 atom stereocenters. The van der Waals surface area contributed by atoms with E-state index in [9.17, 15) is 4.79 Å². The van der Waals surface area contributed by atoms with Gasteiger partial charge in [0.15, 0.2) is 6.23 Å². The van der Waals surface area contributed by atoms with Crippen LogP contribution in [0.15, 0.2) is 12.3 Å². The lowest BCUT2D eigenvalue weighted by Crippen LogP contribution is -2.43. The number of nitrogens with two attached hydrogens (primary N) is 1. The second kappa shape index (κ2) is 15.7. The summed E-state index contributed by atoms with van der Waals surface area (Å²) >= 11 is 0. The lowest BCUT2D eigenvalue weighted by atomic mass is 10.1. The standard InChI is InChI=1S/C23H42N5O6P/c1-17(2)28(18(3)4)35(32-15-9-11-24)34-21-19(16-31-27-13-7-6-8-14-27)33-23(22(21)30-5)26-12-10-20(25)29/h10,12,17-19,21-23,26H,6-9,13-16H2,1-5H3,(H2,25,29)/b12-10-/t19-,21?,22?,23-,35?/m1/s1. The van der Waals surface area contributed by atoms with Crippen molar-refractivity contribution in [2.45, 2.75) is 90.0 Å². The Morgan fingerprint density at radius 3 is 2.51 bits per heavy atom. The van der Waals surface area contributed by atoms with Gasteiger partial charge in [0, 0.05) is 44.6 Å². The second-order valence-electron chi connectivity index (χ2n) is 9.10. The normalized spacial score (nSPS) is 26.6. The van der Waals surface area contributed by atoms with Gasteiger partial charge in [-0.05, 0) is 40.5 Å². The van der Waals surface area contributed by atoms with Gasteiger partial charge in [-0.3, -0.25) is 9.63 Å². The van der Waals surface area contributed by atoms with Crippen molar-refractivity contribution >= 4 is 14.4 Å². The minimum atomic E-state index is -1.52. The molecule has 2 aliphatic rings. The summed E-state index contributed by atoms with van der Waals surface area (Å²) < 4.78 is 26.9. The van der Waals surface area contributed by atoms with Gasteiger partial charge in [-0.2, -0.15) is 10.3 Å². The van der Waals surface area contributed by atoms with Crippen molar-refractivity contribution in [3.8, 4) is 6.07 Å². The van der Waals surface area contributed by atoms with E-state index < -0.39 is 39.0 Å². The number of nitriles is 1. The topological polar surface area (TPSA) is 132 Å².